The summed E-state index contributed by atoms with van der Waals surface area (Å²) in [6.45, 7) is 12.5. The van der Waals surface area contributed by atoms with Crippen LogP contribution in [0.2, 0.25) is 0 Å². The molecule has 2 unspecified atom stereocenters. The summed E-state index contributed by atoms with van der Waals surface area (Å²) in [6.07, 6.45) is 8.81. The van der Waals surface area contributed by atoms with Crippen molar-refractivity contribution in [1.29, 1.82) is 0 Å². The van der Waals surface area contributed by atoms with E-state index in [1.165, 1.54) is 0 Å². The molecule has 1 aliphatic carbocycles. The smallest absolute Gasteiger partial charge is 0.0920 e. The predicted octanol–water partition coefficient (Wildman–Crippen LogP) is 3.99. The number of hydrogen-bond donors (Lipinski definition) is 2. The lowest BCUT2D eigenvalue weighted by molar-refractivity contribution is 0.0792. The highest BCUT2D eigenvalue weighted by Crippen LogP contribution is 2.45. The molecule has 2 aliphatic rings. The van der Waals surface area contributed by atoms with Crippen molar-refractivity contribution in [2.45, 2.75) is 89.6 Å². The molecule has 1 saturated heterocycles. The fourth-order valence-corrected chi connectivity index (χ4v) is 3.51. The summed E-state index contributed by atoms with van der Waals surface area (Å²) in [6, 6.07) is 0. The van der Waals surface area contributed by atoms with Gasteiger partial charge in [-0.15, -0.1) is 0 Å². The number of rotatable bonds is 1. The molecule has 0 aromatic carbocycles. The standard InChI is InChI=1S/C20H34O3/c1-14(2)16-8-11-19(4,22)12-10-17(21)15(3)6-7-18-20(5,23-18)13-9-16/h8,11,14,16-18,21-22H,3,6-7,9-10,12-13H2,1-2,4-5H3/b11-8+/t16?,17?,18-,19-,20-/m0/s1. The van der Waals surface area contributed by atoms with Crippen molar-refractivity contribution in [3.63, 3.8) is 0 Å². The van der Waals surface area contributed by atoms with Crippen LogP contribution >= 0.6 is 0 Å². The van der Waals surface area contributed by atoms with Crippen LogP contribution < -0.4 is 0 Å². The average molecular weight is 322 g/mol. The molecular formula is C20H34O3. The van der Waals surface area contributed by atoms with E-state index < -0.39 is 11.7 Å². The van der Waals surface area contributed by atoms with Gasteiger partial charge < -0.3 is 14.9 Å². The van der Waals surface area contributed by atoms with Crippen LogP contribution in [0.25, 0.3) is 0 Å². The van der Waals surface area contributed by atoms with Gasteiger partial charge in [-0.05, 0) is 69.8 Å². The second-order valence-electron chi connectivity index (χ2n) is 8.33. The Bertz CT molecular complexity index is 452. The second kappa shape index (κ2) is 7.08. The van der Waals surface area contributed by atoms with Crippen LogP contribution in [0.15, 0.2) is 24.3 Å². The van der Waals surface area contributed by atoms with Crippen molar-refractivity contribution >= 4 is 0 Å². The molecule has 132 valence electrons. The van der Waals surface area contributed by atoms with Gasteiger partial charge in [-0.2, -0.15) is 0 Å². The molecule has 0 saturated carbocycles. The Labute approximate surface area is 141 Å². The molecule has 2 N–H and O–H groups in total. The van der Waals surface area contributed by atoms with E-state index in [2.05, 4.69) is 33.4 Å². The first kappa shape index (κ1) is 18.7. The first-order valence-corrected chi connectivity index (χ1v) is 9.08. The van der Waals surface area contributed by atoms with Gasteiger partial charge >= 0.3 is 0 Å². The highest BCUT2D eigenvalue weighted by molar-refractivity contribution is 5.09. The van der Waals surface area contributed by atoms with Crippen molar-refractivity contribution in [3.8, 4) is 0 Å². The van der Waals surface area contributed by atoms with Crippen molar-refractivity contribution < 1.29 is 14.9 Å². The zero-order valence-corrected chi connectivity index (χ0v) is 15.2. The van der Waals surface area contributed by atoms with Crippen LogP contribution in [0.1, 0.15) is 66.2 Å². The van der Waals surface area contributed by atoms with Crippen molar-refractivity contribution in [3.05, 3.63) is 24.3 Å². The summed E-state index contributed by atoms with van der Waals surface area (Å²) in [5.41, 5.74) is -0.0281. The number of epoxide rings is 1. The maximum Gasteiger partial charge on any atom is 0.0920 e. The van der Waals surface area contributed by atoms with E-state index in [9.17, 15) is 10.2 Å². The molecule has 0 aromatic heterocycles. The van der Waals surface area contributed by atoms with Gasteiger partial charge in [0, 0.05) is 0 Å². The van der Waals surface area contributed by atoms with Gasteiger partial charge in [-0.25, -0.2) is 0 Å². The molecule has 1 fully saturated rings. The minimum atomic E-state index is -0.874. The summed E-state index contributed by atoms with van der Waals surface area (Å²) in [5, 5.41) is 20.8. The highest BCUT2D eigenvalue weighted by Gasteiger charge is 2.51. The van der Waals surface area contributed by atoms with Crippen molar-refractivity contribution in [1.82, 2.24) is 0 Å². The largest absolute Gasteiger partial charge is 0.389 e. The fourth-order valence-electron chi connectivity index (χ4n) is 3.51. The highest BCUT2D eigenvalue weighted by atomic mass is 16.6. The number of allylic oxidation sites excluding steroid dienone is 1. The third kappa shape index (κ3) is 5.17. The van der Waals surface area contributed by atoms with Gasteiger partial charge in [0.05, 0.1) is 23.4 Å². The Balaban J connectivity index is 2.12. The Morgan fingerprint density at radius 1 is 1.22 bits per heavy atom. The van der Waals surface area contributed by atoms with Crippen LogP contribution in [-0.2, 0) is 4.74 Å². The van der Waals surface area contributed by atoms with Crippen LogP contribution in [0.5, 0.6) is 0 Å². The molecule has 0 radical (unpaired) electrons. The molecule has 0 aromatic rings. The lowest BCUT2D eigenvalue weighted by atomic mass is 9.84. The topological polar surface area (TPSA) is 53.0 Å². The van der Waals surface area contributed by atoms with E-state index in [0.29, 0.717) is 30.8 Å². The monoisotopic (exact) mass is 322 g/mol. The average Bonchev–Trinajstić information content (AvgIpc) is 3.11. The normalized spacial score (nSPS) is 44.5. The van der Waals surface area contributed by atoms with Crippen LogP contribution in [0.3, 0.4) is 0 Å². The Morgan fingerprint density at radius 3 is 2.57 bits per heavy atom. The van der Waals surface area contributed by atoms with E-state index in [-0.39, 0.29) is 5.60 Å². The van der Waals surface area contributed by atoms with E-state index in [1.54, 1.807) is 0 Å². The Hall–Kier alpha value is -0.640. The van der Waals surface area contributed by atoms with E-state index in [1.807, 2.05) is 13.0 Å². The van der Waals surface area contributed by atoms with Gasteiger partial charge in [-0.3, -0.25) is 0 Å². The molecule has 3 nitrogen and oxygen atoms in total. The first-order valence-electron chi connectivity index (χ1n) is 9.08. The molecule has 0 bridgehead atoms. The Kier molecular flexibility index (Phi) is 5.76. The molecule has 5 atom stereocenters. The number of hydrogen-bond acceptors (Lipinski definition) is 3. The third-order valence-corrected chi connectivity index (χ3v) is 5.69. The quantitative estimate of drug-likeness (QED) is 0.567. The van der Waals surface area contributed by atoms with E-state index in [0.717, 1.165) is 31.3 Å². The molecule has 3 heteroatoms. The molecule has 1 aliphatic heterocycles. The Morgan fingerprint density at radius 2 is 1.91 bits per heavy atom. The van der Waals surface area contributed by atoms with Gasteiger partial charge in [0.25, 0.3) is 0 Å². The molecule has 0 amide bonds. The maximum absolute atomic E-state index is 10.5. The van der Waals surface area contributed by atoms with Gasteiger partial charge in [0.2, 0.25) is 0 Å². The van der Waals surface area contributed by atoms with Gasteiger partial charge in [-0.1, -0.05) is 32.6 Å². The summed E-state index contributed by atoms with van der Waals surface area (Å²) >= 11 is 0. The predicted molar refractivity (Wildman–Crippen MR) is 94.2 cm³/mol. The maximum atomic E-state index is 10.5. The number of ether oxygens (including phenoxy) is 1. The van der Waals surface area contributed by atoms with Gasteiger partial charge in [0.15, 0.2) is 0 Å². The summed E-state index contributed by atoms with van der Waals surface area (Å²) in [5.74, 6) is 0.993. The third-order valence-electron chi connectivity index (χ3n) is 5.69. The number of fused-ring (bicyclic) bond motifs is 1. The van der Waals surface area contributed by atoms with E-state index in [4.69, 9.17) is 4.74 Å². The number of aliphatic hydroxyl groups is 2. The number of aliphatic hydroxyl groups excluding tert-OH is 1. The summed E-state index contributed by atoms with van der Waals surface area (Å²) in [7, 11) is 0. The zero-order chi connectivity index (χ0) is 17.3. The lowest BCUT2D eigenvalue weighted by Gasteiger charge is -2.25. The van der Waals surface area contributed by atoms with E-state index >= 15 is 0 Å². The fraction of sp³-hybridized carbons (Fsp3) is 0.800. The van der Waals surface area contributed by atoms with Crippen molar-refractivity contribution in [2.75, 3.05) is 0 Å². The SMILES string of the molecule is C=C1CC[C@@H]2O[C@@]2(C)CCC(C(C)C)/C=C/[C@](C)(O)CCC1O. The lowest BCUT2D eigenvalue weighted by Crippen LogP contribution is -2.25. The molecule has 1 heterocycles. The summed E-state index contributed by atoms with van der Waals surface area (Å²) in [4.78, 5) is 0. The van der Waals surface area contributed by atoms with Crippen molar-refractivity contribution in [2.24, 2.45) is 11.8 Å². The van der Waals surface area contributed by atoms with Gasteiger partial charge in [0.1, 0.15) is 0 Å². The van der Waals surface area contributed by atoms with Crippen LogP contribution in [0, 0.1) is 11.8 Å². The minimum Gasteiger partial charge on any atom is -0.389 e. The molecule has 23 heavy (non-hydrogen) atoms. The minimum absolute atomic E-state index is 0.0150. The molecule has 0 spiro atoms. The summed E-state index contributed by atoms with van der Waals surface area (Å²) < 4.78 is 5.94. The first-order chi connectivity index (χ1) is 10.6. The zero-order valence-electron chi connectivity index (χ0n) is 15.2. The second-order valence-corrected chi connectivity index (χ2v) is 8.33. The molecule has 2 rings (SSSR count). The van der Waals surface area contributed by atoms with Crippen LogP contribution in [0.4, 0.5) is 0 Å². The van der Waals surface area contributed by atoms with Crippen LogP contribution in [-0.4, -0.2) is 33.6 Å². The molecular weight excluding hydrogens is 288 g/mol.